The average Bonchev–Trinajstić information content (AvgIpc) is 2.56. The molecule has 0 spiro atoms. The maximum absolute atomic E-state index is 2.34. The van der Waals surface area contributed by atoms with Crippen molar-refractivity contribution < 1.29 is 16.9 Å². The van der Waals surface area contributed by atoms with Gasteiger partial charge in [-0.2, -0.15) is 0 Å². The van der Waals surface area contributed by atoms with Gasteiger partial charge in [-0.25, -0.2) is 0 Å². The van der Waals surface area contributed by atoms with E-state index >= 15 is 0 Å². The molecule has 0 N–H and O–H groups in total. The summed E-state index contributed by atoms with van der Waals surface area (Å²) in [6.07, 6.45) is 19.9. The molecular formula is C22H48ClN. The van der Waals surface area contributed by atoms with E-state index in [1.807, 2.05) is 0 Å². The van der Waals surface area contributed by atoms with Gasteiger partial charge in [-0.3, -0.25) is 0 Å². The van der Waals surface area contributed by atoms with Crippen LogP contribution in [0, 0.1) is 0 Å². The lowest BCUT2D eigenvalue weighted by atomic mass is 10.1. The second kappa shape index (κ2) is 19.6. The van der Waals surface area contributed by atoms with E-state index in [-0.39, 0.29) is 12.4 Å². The SMILES string of the molecule is CCCCCC[N+](CCCCC)(CCCCC)CCCCCC.[Cl-]. The molecule has 0 atom stereocenters. The number of nitrogens with zero attached hydrogens (tertiary/aromatic N) is 1. The molecule has 148 valence electrons. The van der Waals surface area contributed by atoms with Crippen molar-refractivity contribution in [1.29, 1.82) is 0 Å². The summed E-state index contributed by atoms with van der Waals surface area (Å²) in [5, 5.41) is 0. The lowest BCUT2D eigenvalue weighted by molar-refractivity contribution is -0.929. The Morgan fingerprint density at radius 3 is 0.917 bits per heavy atom. The molecule has 0 saturated heterocycles. The van der Waals surface area contributed by atoms with Gasteiger partial charge in [-0.1, -0.05) is 66.2 Å². The Labute approximate surface area is 161 Å². The van der Waals surface area contributed by atoms with Gasteiger partial charge in [-0.05, 0) is 51.4 Å². The van der Waals surface area contributed by atoms with Crippen LogP contribution >= 0.6 is 0 Å². The Morgan fingerprint density at radius 1 is 0.375 bits per heavy atom. The lowest BCUT2D eigenvalue weighted by Crippen LogP contribution is -3.00. The van der Waals surface area contributed by atoms with Crippen molar-refractivity contribution in [3.63, 3.8) is 0 Å². The van der Waals surface area contributed by atoms with Gasteiger partial charge >= 0.3 is 0 Å². The predicted molar refractivity (Wildman–Crippen MR) is 107 cm³/mol. The van der Waals surface area contributed by atoms with E-state index in [4.69, 9.17) is 0 Å². The van der Waals surface area contributed by atoms with E-state index in [0.717, 1.165) is 0 Å². The maximum atomic E-state index is 2.34. The van der Waals surface area contributed by atoms with Crippen molar-refractivity contribution in [2.24, 2.45) is 0 Å². The van der Waals surface area contributed by atoms with E-state index < -0.39 is 0 Å². The highest BCUT2D eigenvalue weighted by atomic mass is 35.5. The summed E-state index contributed by atoms with van der Waals surface area (Å²) in [5.74, 6) is 0. The van der Waals surface area contributed by atoms with Crippen molar-refractivity contribution >= 4 is 0 Å². The third kappa shape index (κ3) is 14.6. The summed E-state index contributed by atoms with van der Waals surface area (Å²) in [4.78, 5) is 0. The van der Waals surface area contributed by atoms with Crippen LogP contribution in [0.2, 0.25) is 0 Å². The molecule has 0 radical (unpaired) electrons. The highest BCUT2D eigenvalue weighted by molar-refractivity contribution is 4.52. The first-order valence-electron chi connectivity index (χ1n) is 11.1. The third-order valence-corrected chi connectivity index (χ3v) is 5.44. The van der Waals surface area contributed by atoms with Gasteiger partial charge in [0.2, 0.25) is 0 Å². The van der Waals surface area contributed by atoms with E-state index in [2.05, 4.69) is 27.7 Å². The summed E-state index contributed by atoms with van der Waals surface area (Å²) in [6.45, 7) is 15.2. The van der Waals surface area contributed by atoms with Crippen molar-refractivity contribution in [3.05, 3.63) is 0 Å². The second-order valence-corrected chi connectivity index (χ2v) is 7.77. The quantitative estimate of drug-likeness (QED) is 0.251. The van der Waals surface area contributed by atoms with E-state index in [1.54, 1.807) is 0 Å². The van der Waals surface area contributed by atoms with Crippen LogP contribution in [-0.4, -0.2) is 30.7 Å². The number of quaternary nitrogens is 1. The lowest BCUT2D eigenvalue weighted by Gasteiger charge is -2.39. The molecule has 0 amide bonds. The largest absolute Gasteiger partial charge is 1.00 e. The fraction of sp³-hybridized carbons (Fsp3) is 1.00. The van der Waals surface area contributed by atoms with Gasteiger partial charge in [0.05, 0.1) is 26.2 Å². The zero-order chi connectivity index (χ0) is 17.2. The van der Waals surface area contributed by atoms with Crippen LogP contribution in [0.1, 0.15) is 118 Å². The van der Waals surface area contributed by atoms with Crippen molar-refractivity contribution in [3.8, 4) is 0 Å². The van der Waals surface area contributed by atoms with Gasteiger partial charge in [0.25, 0.3) is 0 Å². The van der Waals surface area contributed by atoms with Crippen LogP contribution in [-0.2, 0) is 0 Å². The summed E-state index contributed by atoms with van der Waals surface area (Å²) in [5.41, 5.74) is 0. The first kappa shape index (κ1) is 26.5. The molecule has 0 unspecified atom stereocenters. The van der Waals surface area contributed by atoms with Crippen molar-refractivity contribution in [2.45, 2.75) is 118 Å². The fourth-order valence-electron chi connectivity index (χ4n) is 3.81. The van der Waals surface area contributed by atoms with E-state index in [9.17, 15) is 0 Å². The summed E-state index contributed by atoms with van der Waals surface area (Å²) in [6, 6.07) is 0. The normalized spacial score (nSPS) is 11.5. The number of unbranched alkanes of at least 4 members (excludes halogenated alkanes) is 10. The van der Waals surface area contributed by atoms with Crippen molar-refractivity contribution in [1.82, 2.24) is 0 Å². The molecule has 0 saturated carbocycles. The first-order chi connectivity index (χ1) is 11.2. The van der Waals surface area contributed by atoms with Crippen molar-refractivity contribution in [2.75, 3.05) is 26.2 Å². The van der Waals surface area contributed by atoms with Crippen LogP contribution < -0.4 is 12.4 Å². The molecule has 0 heterocycles. The van der Waals surface area contributed by atoms with Gasteiger partial charge in [-0.15, -0.1) is 0 Å². The Bertz CT molecular complexity index is 206. The molecule has 0 aliphatic heterocycles. The van der Waals surface area contributed by atoms with Gasteiger partial charge in [0.1, 0.15) is 0 Å². The van der Waals surface area contributed by atoms with Gasteiger partial charge in [0, 0.05) is 0 Å². The molecule has 0 rings (SSSR count). The Hall–Kier alpha value is 0.250. The fourth-order valence-corrected chi connectivity index (χ4v) is 3.81. The smallest absolute Gasteiger partial charge is 0.0786 e. The molecule has 0 aromatic carbocycles. The highest BCUT2D eigenvalue weighted by Crippen LogP contribution is 2.19. The predicted octanol–water partition coefficient (Wildman–Crippen LogP) is 4.35. The Morgan fingerprint density at radius 2 is 0.625 bits per heavy atom. The molecule has 0 aromatic heterocycles. The molecule has 0 aliphatic carbocycles. The minimum atomic E-state index is 0. The third-order valence-electron chi connectivity index (χ3n) is 5.44. The number of halogens is 1. The van der Waals surface area contributed by atoms with E-state index in [1.165, 1.54) is 121 Å². The molecule has 0 aromatic rings. The summed E-state index contributed by atoms with van der Waals surface area (Å²) in [7, 11) is 0. The molecule has 2 heteroatoms. The molecule has 0 bridgehead atoms. The Kier molecular flexibility index (Phi) is 21.6. The minimum absolute atomic E-state index is 0. The monoisotopic (exact) mass is 361 g/mol. The topological polar surface area (TPSA) is 0 Å². The average molecular weight is 362 g/mol. The van der Waals surface area contributed by atoms with Crippen LogP contribution in [0.15, 0.2) is 0 Å². The Balaban J connectivity index is 0. The van der Waals surface area contributed by atoms with Gasteiger partial charge < -0.3 is 16.9 Å². The summed E-state index contributed by atoms with van der Waals surface area (Å²) < 4.78 is 1.45. The van der Waals surface area contributed by atoms with Gasteiger partial charge in [0.15, 0.2) is 0 Å². The maximum Gasteiger partial charge on any atom is 0.0786 e. The minimum Gasteiger partial charge on any atom is -1.00 e. The van der Waals surface area contributed by atoms with Crippen LogP contribution in [0.3, 0.4) is 0 Å². The van der Waals surface area contributed by atoms with Crippen LogP contribution in [0.5, 0.6) is 0 Å². The van der Waals surface area contributed by atoms with E-state index in [0.29, 0.717) is 0 Å². The molecule has 0 fully saturated rings. The van der Waals surface area contributed by atoms with Crippen LogP contribution in [0.25, 0.3) is 0 Å². The van der Waals surface area contributed by atoms with Crippen LogP contribution in [0.4, 0.5) is 0 Å². The second-order valence-electron chi connectivity index (χ2n) is 7.77. The molecule has 1 nitrogen and oxygen atoms in total. The highest BCUT2D eigenvalue weighted by Gasteiger charge is 2.25. The summed E-state index contributed by atoms with van der Waals surface area (Å²) >= 11 is 0. The first-order valence-corrected chi connectivity index (χ1v) is 11.1. The zero-order valence-electron chi connectivity index (χ0n) is 17.6. The number of hydrogen-bond acceptors (Lipinski definition) is 0. The molecular weight excluding hydrogens is 314 g/mol. The zero-order valence-corrected chi connectivity index (χ0v) is 18.3. The number of hydrogen-bond donors (Lipinski definition) is 0. The number of rotatable bonds is 18. The molecule has 0 aliphatic rings. The standard InChI is InChI=1S/C22H48N.ClH/c1-5-9-13-17-21-23(19-15-11-7-3,20-16-12-8-4)22-18-14-10-6-2;/h5-22H2,1-4H3;1H/q+1;/p-1. The molecule has 24 heavy (non-hydrogen) atoms.